The van der Waals surface area contributed by atoms with Crippen molar-refractivity contribution in [1.82, 2.24) is 0 Å². The SMILES string of the molecule is Cc1ccc2c(NC3CCCCC3)cc(=O)oc2c1C. The van der Waals surface area contributed by atoms with Gasteiger partial charge in [0.25, 0.3) is 0 Å². The second kappa shape index (κ2) is 5.31. The number of rotatable bonds is 2. The van der Waals surface area contributed by atoms with Gasteiger partial charge in [-0.05, 0) is 43.9 Å². The molecule has 0 aliphatic heterocycles. The Labute approximate surface area is 119 Å². The summed E-state index contributed by atoms with van der Waals surface area (Å²) in [5, 5.41) is 4.56. The molecule has 0 unspecified atom stereocenters. The lowest BCUT2D eigenvalue weighted by atomic mass is 9.95. The number of benzene rings is 1. The Balaban J connectivity index is 2.05. The Bertz CT molecular complexity index is 681. The van der Waals surface area contributed by atoms with Gasteiger partial charge in [0.15, 0.2) is 0 Å². The molecule has 1 aliphatic carbocycles. The highest BCUT2D eigenvalue weighted by atomic mass is 16.4. The van der Waals surface area contributed by atoms with E-state index in [4.69, 9.17) is 4.42 Å². The monoisotopic (exact) mass is 271 g/mol. The molecule has 1 saturated carbocycles. The third-order valence-electron chi connectivity index (χ3n) is 4.40. The van der Waals surface area contributed by atoms with Crippen molar-refractivity contribution in [3.8, 4) is 0 Å². The van der Waals surface area contributed by atoms with Crippen molar-refractivity contribution in [3.63, 3.8) is 0 Å². The Morgan fingerprint density at radius 2 is 1.90 bits per heavy atom. The Morgan fingerprint density at radius 3 is 2.65 bits per heavy atom. The fourth-order valence-corrected chi connectivity index (χ4v) is 3.05. The van der Waals surface area contributed by atoms with Crippen molar-refractivity contribution in [2.75, 3.05) is 5.32 Å². The van der Waals surface area contributed by atoms with Gasteiger partial charge in [0, 0.05) is 17.5 Å². The molecule has 0 saturated heterocycles. The molecule has 0 atom stereocenters. The third kappa shape index (κ3) is 2.45. The van der Waals surface area contributed by atoms with Crippen LogP contribution < -0.4 is 10.9 Å². The molecule has 1 aliphatic rings. The van der Waals surface area contributed by atoms with Crippen LogP contribution >= 0.6 is 0 Å². The number of hydrogen-bond acceptors (Lipinski definition) is 3. The van der Waals surface area contributed by atoms with E-state index in [1.165, 1.54) is 32.1 Å². The van der Waals surface area contributed by atoms with E-state index in [0.717, 1.165) is 27.8 Å². The van der Waals surface area contributed by atoms with E-state index >= 15 is 0 Å². The van der Waals surface area contributed by atoms with Gasteiger partial charge in [-0.25, -0.2) is 4.79 Å². The second-order valence-corrected chi connectivity index (χ2v) is 5.84. The molecule has 1 fully saturated rings. The molecule has 3 nitrogen and oxygen atoms in total. The molecular weight excluding hydrogens is 250 g/mol. The van der Waals surface area contributed by atoms with Gasteiger partial charge in [0.1, 0.15) is 5.58 Å². The number of aryl methyl sites for hydroxylation is 2. The average Bonchev–Trinajstić information content (AvgIpc) is 2.44. The van der Waals surface area contributed by atoms with Crippen molar-refractivity contribution in [1.29, 1.82) is 0 Å². The lowest BCUT2D eigenvalue weighted by molar-refractivity contribution is 0.462. The predicted octanol–water partition coefficient (Wildman–Crippen LogP) is 4.15. The molecule has 2 aromatic rings. The first-order valence-electron chi connectivity index (χ1n) is 7.46. The molecule has 0 spiro atoms. The predicted molar refractivity (Wildman–Crippen MR) is 82.5 cm³/mol. The van der Waals surface area contributed by atoms with E-state index in [9.17, 15) is 4.79 Å². The molecule has 106 valence electrons. The zero-order valence-electron chi connectivity index (χ0n) is 12.2. The van der Waals surface area contributed by atoms with Crippen molar-refractivity contribution in [2.45, 2.75) is 52.0 Å². The van der Waals surface area contributed by atoms with Gasteiger partial charge in [-0.3, -0.25) is 0 Å². The standard InChI is InChI=1S/C17H21NO2/c1-11-8-9-14-15(18-13-6-4-3-5-7-13)10-16(19)20-17(14)12(11)2/h8-10,13,18H,3-7H2,1-2H3. The van der Waals surface area contributed by atoms with E-state index in [1.807, 2.05) is 19.9 Å². The molecule has 0 radical (unpaired) electrons. The normalized spacial score (nSPS) is 16.5. The van der Waals surface area contributed by atoms with Crippen molar-refractivity contribution < 1.29 is 4.42 Å². The molecule has 1 N–H and O–H groups in total. The number of fused-ring (bicyclic) bond motifs is 1. The van der Waals surface area contributed by atoms with Gasteiger partial charge in [-0.15, -0.1) is 0 Å². The molecule has 20 heavy (non-hydrogen) atoms. The van der Waals surface area contributed by atoms with Gasteiger partial charge in [0.2, 0.25) is 0 Å². The van der Waals surface area contributed by atoms with E-state index in [-0.39, 0.29) is 5.63 Å². The van der Waals surface area contributed by atoms with Crippen molar-refractivity contribution in [2.24, 2.45) is 0 Å². The Hall–Kier alpha value is -1.77. The van der Waals surface area contributed by atoms with Crippen LogP contribution in [0.15, 0.2) is 27.4 Å². The minimum absolute atomic E-state index is 0.274. The summed E-state index contributed by atoms with van der Waals surface area (Å²) in [7, 11) is 0. The van der Waals surface area contributed by atoms with E-state index in [1.54, 1.807) is 6.07 Å². The van der Waals surface area contributed by atoms with Crippen molar-refractivity contribution in [3.05, 3.63) is 39.7 Å². The zero-order valence-corrected chi connectivity index (χ0v) is 12.2. The van der Waals surface area contributed by atoms with Gasteiger partial charge in [-0.2, -0.15) is 0 Å². The minimum atomic E-state index is -0.274. The largest absolute Gasteiger partial charge is 0.422 e. The van der Waals surface area contributed by atoms with E-state index in [0.29, 0.717) is 6.04 Å². The molecule has 0 bridgehead atoms. The maximum atomic E-state index is 11.8. The molecule has 3 rings (SSSR count). The Kier molecular flexibility index (Phi) is 3.51. The van der Waals surface area contributed by atoms with Crippen LogP contribution in [0.2, 0.25) is 0 Å². The first-order chi connectivity index (χ1) is 9.65. The highest BCUT2D eigenvalue weighted by molar-refractivity contribution is 5.92. The summed E-state index contributed by atoms with van der Waals surface area (Å²) in [4.78, 5) is 11.8. The number of anilines is 1. The molecule has 1 aromatic carbocycles. The summed E-state index contributed by atoms with van der Waals surface area (Å²) in [5.74, 6) is 0. The molecule has 0 amide bonds. The van der Waals surface area contributed by atoms with Crippen LogP contribution in [0, 0.1) is 13.8 Å². The highest BCUT2D eigenvalue weighted by Crippen LogP contribution is 2.29. The summed E-state index contributed by atoms with van der Waals surface area (Å²) >= 11 is 0. The molecule has 1 heterocycles. The van der Waals surface area contributed by atoms with Crippen LogP contribution in [0.25, 0.3) is 11.0 Å². The topological polar surface area (TPSA) is 42.2 Å². The average molecular weight is 271 g/mol. The van der Waals surface area contributed by atoms with Crippen LogP contribution in [-0.2, 0) is 0 Å². The zero-order chi connectivity index (χ0) is 14.1. The van der Waals surface area contributed by atoms with E-state index in [2.05, 4.69) is 11.4 Å². The maximum Gasteiger partial charge on any atom is 0.338 e. The first kappa shape index (κ1) is 13.2. The number of nitrogens with one attached hydrogen (secondary N) is 1. The van der Waals surface area contributed by atoms with Crippen LogP contribution in [0.1, 0.15) is 43.2 Å². The lowest BCUT2D eigenvalue weighted by Crippen LogP contribution is -2.23. The van der Waals surface area contributed by atoms with Crippen LogP contribution in [0.3, 0.4) is 0 Å². The molecule has 3 heteroatoms. The summed E-state index contributed by atoms with van der Waals surface area (Å²) in [5.41, 5.74) is 3.56. The smallest absolute Gasteiger partial charge is 0.338 e. The fourth-order valence-electron chi connectivity index (χ4n) is 3.05. The van der Waals surface area contributed by atoms with Crippen LogP contribution in [0.4, 0.5) is 5.69 Å². The van der Waals surface area contributed by atoms with Gasteiger partial charge >= 0.3 is 5.63 Å². The Morgan fingerprint density at radius 1 is 1.15 bits per heavy atom. The summed E-state index contributed by atoms with van der Waals surface area (Å²) < 4.78 is 5.41. The summed E-state index contributed by atoms with van der Waals surface area (Å²) in [6, 6.07) is 6.21. The van der Waals surface area contributed by atoms with Crippen LogP contribution in [0.5, 0.6) is 0 Å². The summed E-state index contributed by atoms with van der Waals surface area (Å²) in [6.45, 7) is 4.04. The minimum Gasteiger partial charge on any atom is -0.422 e. The fraction of sp³-hybridized carbons (Fsp3) is 0.471. The summed E-state index contributed by atoms with van der Waals surface area (Å²) in [6.07, 6.45) is 6.25. The molecular formula is C17H21NO2. The second-order valence-electron chi connectivity index (χ2n) is 5.84. The van der Waals surface area contributed by atoms with E-state index < -0.39 is 0 Å². The third-order valence-corrected chi connectivity index (χ3v) is 4.40. The van der Waals surface area contributed by atoms with Gasteiger partial charge in [-0.1, -0.05) is 25.3 Å². The highest BCUT2D eigenvalue weighted by Gasteiger charge is 2.16. The molecule has 1 aromatic heterocycles. The first-order valence-corrected chi connectivity index (χ1v) is 7.46. The maximum absolute atomic E-state index is 11.8. The van der Waals surface area contributed by atoms with Crippen molar-refractivity contribution >= 4 is 16.7 Å². The quantitative estimate of drug-likeness (QED) is 0.834. The number of hydrogen-bond donors (Lipinski definition) is 1. The van der Waals surface area contributed by atoms with Gasteiger partial charge in [0.05, 0.1) is 5.69 Å². The lowest BCUT2D eigenvalue weighted by Gasteiger charge is -2.24. The van der Waals surface area contributed by atoms with Gasteiger partial charge < -0.3 is 9.73 Å². The van der Waals surface area contributed by atoms with Crippen LogP contribution in [-0.4, -0.2) is 6.04 Å².